The van der Waals surface area contributed by atoms with Gasteiger partial charge < -0.3 is 9.64 Å². The maximum atomic E-state index is 13.6. The first-order chi connectivity index (χ1) is 13.7. The molecule has 1 fully saturated rings. The SMILES string of the molecule is COc1cncnc1N1CCN(CCCc2csc3ccc(F)cc23)CC1C.Cl. The van der Waals surface area contributed by atoms with Gasteiger partial charge in [-0.05, 0) is 60.8 Å². The van der Waals surface area contributed by atoms with Gasteiger partial charge in [-0.1, -0.05) is 0 Å². The molecule has 156 valence electrons. The van der Waals surface area contributed by atoms with Gasteiger partial charge in [-0.15, -0.1) is 23.7 Å². The first kappa shape index (κ1) is 21.7. The summed E-state index contributed by atoms with van der Waals surface area (Å²) in [6.45, 7) is 6.18. The molecular weight excluding hydrogens is 411 g/mol. The summed E-state index contributed by atoms with van der Waals surface area (Å²) in [4.78, 5) is 13.3. The summed E-state index contributed by atoms with van der Waals surface area (Å²) in [7, 11) is 1.66. The quantitative estimate of drug-likeness (QED) is 0.572. The van der Waals surface area contributed by atoms with Crippen molar-refractivity contribution in [3.63, 3.8) is 0 Å². The molecule has 1 unspecified atom stereocenters. The van der Waals surface area contributed by atoms with E-state index in [-0.39, 0.29) is 18.2 Å². The van der Waals surface area contributed by atoms with Gasteiger partial charge in [0.05, 0.1) is 13.3 Å². The van der Waals surface area contributed by atoms with Crippen LogP contribution in [-0.2, 0) is 6.42 Å². The van der Waals surface area contributed by atoms with Gasteiger partial charge in [-0.3, -0.25) is 4.90 Å². The molecule has 0 aliphatic carbocycles. The van der Waals surface area contributed by atoms with E-state index >= 15 is 0 Å². The Balaban J connectivity index is 0.00000240. The van der Waals surface area contributed by atoms with Crippen LogP contribution in [-0.4, -0.2) is 54.2 Å². The number of rotatable bonds is 6. The van der Waals surface area contributed by atoms with Crippen molar-refractivity contribution in [1.29, 1.82) is 0 Å². The summed E-state index contributed by atoms with van der Waals surface area (Å²) < 4.78 is 20.1. The number of aromatic nitrogens is 2. The summed E-state index contributed by atoms with van der Waals surface area (Å²) in [5.41, 5.74) is 1.26. The lowest BCUT2D eigenvalue weighted by Gasteiger charge is -2.40. The van der Waals surface area contributed by atoms with Crippen LogP contribution in [0.15, 0.2) is 36.1 Å². The van der Waals surface area contributed by atoms with Crippen LogP contribution in [0.25, 0.3) is 10.1 Å². The lowest BCUT2D eigenvalue weighted by atomic mass is 10.1. The molecule has 2 aromatic heterocycles. The van der Waals surface area contributed by atoms with Gasteiger partial charge >= 0.3 is 0 Å². The smallest absolute Gasteiger partial charge is 0.179 e. The molecule has 8 heteroatoms. The molecule has 1 saturated heterocycles. The highest BCUT2D eigenvalue weighted by molar-refractivity contribution is 7.17. The number of hydrogen-bond acceptors (Lipinski definition) is 6. The normalized spacial score (nSPS) is 17.3. The molecule has 4 rings (SSSR count). The Bertz CT molecular complexity index is 953. The Kier molecular flexibility index (Phi) is 7.27. The molecule has 0 spiro atoms. The number of hydrogen-bond donors (Lipinski definition) is 0. The molecule has 0 amide bonds. The average molecular weight is 437 g/mol. The van der Waals surface area contributed by atoms with Crippen molar-refractivity contribution in [3.8, 4) is 5.75 Å². The summed E-state index contributed by atoms with van der Waals surface area (Å²) >= 11 is 1.70. The third kappa shape index (κ3) is 4.79. The average Bonchev–Trinajstić information content (AvgIpc) is 3.10. The van der Waals surface area contributed by atoms with Crippen LogP contribution < -0.4 is 9.64 Å². The van der Waals surface area contributed by atoms with Crippen LogP contribution in [0.1, 0.15) is 18.9 Å². The Morgan fingerprint density at radius 1 is 1.31 bits per heavy atom. The van der Waals surface area contributed by atoms with E-state index in [1.807, 2.05) is 6.07 Å². The first-order valence-corrected chi connectivity index (χ1v) is 10.5. The van der Waals surface area contributed by atoms with Crippen LogP contribution in [0.2, 0.25) is 0 Å². The van der Waals surface area contributed by atoms with Crippen molar-refractivity contribution in [2.24, 2.45) is 0 Å². The number of fused-ring (bicyclic) bond motifs is 1. The second-order valence-electron chi connectivity index (χ2n) is 7.26. The van der Waals surface area contributed by atoms with Crippen LogP contribution in [0.5, 0.6) is 5.75 Å². The largest absolute Gasteiger partial charge is 0.491 e. The van der Waals surface area contributed by atoms with Crippen LogP contribution in [0.4, 0.5) is 10.2 Å². The molecule has 3 aromatic rings. The monoisotopic (exact) mass is 436 g/mol. The zero-order valence-electron chi connectivity index (χ0n) is 16.7. The molecule has 0 N–H and O–H groups in total. The zero-order valence-corrected chi connectivity index (χ0v) is 18.3. The van der Waals surface area contributed by atoms with Gasteiger partial charge in [-0.25, -0.2) is 14.4 Å². The van der Waals surface area contributed by atoms with E-state index in [0.717, 1.165) is 60.7 Å². The van der Waals surface area contributed by atoms with E-state index in [0.29, 0.717) is 6.04 Å². The summed E-state index contributed by atoms with van der Waals surface area (Å²) in [6.07, 6.45) is 5.35. The van der Waals surface area contributed by atoms with Crippen molar-refractivity contribution in [2.75, 3.05) is 38.2 Å². The van der Waals surface area contributed by atoms with Crippen molar-refractivity contribution in [1.82, 2.24) is 14.9 Å². The molecule has 5 nitrogen and oxygen atoms in total. The fourth-order valence-corrected chi connectivity index (χ4v) is 4.94. The third-order valence-corrected chi connectivity index (χ3v) is 6.41. The zero-order chi connectivity index (χ0) is 19.5. The minimum absolute atomic E-state index is 0. The minimum Gasteiger partial charge on any atom is -0.491 e. The maximum absolute atomic E-state index is 13.6. The molecule has 29 heavy (non-hydrogen) atoms. The fourth-order valence-electron chi connectivity index (χ4n) is 3.96. The van der Waals surface area contributed by atoms with Crippen LogP contribution in [0.3, 0.4) is 0 Å². The van der Waals surface area contributed by atoms with E-state index in [1.54, 1.807) is 37.0 Å². The van der Waals surface area contributed by atoms with Crippen molar-refractivity contribution in [3.05, 3.63) is 47.5 Å². The van der Waals surface area contributed by atoms with Crippen LogP contribution in [0, 0.1) is 5.82 Å². The van der Waals surface area contributed by atoms with E-state index in [1.165, 1.54) is 11.6 Å². The summed E-state index contributed by atoms with van der Waals surface area (Å²) in [6, 6.07) is 5.43. The van der Waals surface area contributed by atoms with Crippen molar-refractivity contribution < 1.29 is 9.13 Å². The number of thiophene rings is 1. The second kappa shape index (κ2) is 9.69. The number of aryl methyl sites for hydroxylation is 1. The van der Waals surface area contributed by atoms with Gasteiger partial charge in [0.2, 0.25) is 0 Å². The second-order valence-corrected chi connectivity index (χ2v) is 8.17. The van der Waals surface area contributed by atoms with E-state index in [4.69, 9.17) is 4.74 Å². The standard InChI is InChI=1S/C21H25FN4OS.ClH/c1-15-12-25(8-9-26(15)21-19(27-2)11-23-14-24-21)7-3-4-16-13-28-20-6-5-17(22)10-18(16)20;/h5-6,10-11,13-15H,3-4,7-9,12H2,1-2H3;1H. The number of anilines is 1. The number of ether oxygens (including phenoxy) is 1. The van der Waals surface area contributed by atoms with Crippen molar-refractivity contribution >= 4 is 39.6 Å². The highest BCUT2D eigenvalue weighted by Crippen LogP contribution is 2.29. The maximum Gasteiger partial charge on any atom is 0.179 e. The Hall–Kier alpha value is -1.96. The van der Waals surface area contributed by atoms with Gasteiger partial charge in [0, 0.05) is 30.4 Å². The fraction of sp³-hybridized carbons (Fsp3) is 0.429. The van der Waals surface area contributed by atoms with E-state index in [2.05, 4.69) is 32.1 Å². The third-order valence-electron chi connectivity index (χ3n) is 5.40. The molecule has 1 aromatic carbocycles. The van der Waals surface area contributed by atoms with Gasteiger partial charge in [0.1, 0.15) is 12.1 Å². The Morgan fingerprint density at radius 2 is 2.17 bits per heavy atom. The number of nitrogens with zero attached hydrogens (tertiary/aromatic N) is 4. The minimum atomic E-state index is -0.155. The molecule has 0 radical (unpaired) electrons. The van der Waals surface area contributed by atoms with Crippen molar-refractivity contribution in [2.45, 2.75) is 25.8 Å². The first-order valence-electron chi connectivity index (χ1n) is 9.64. The predicted molar refractivity (Wildman–Crippen MR) is 119 cm³/mol. The number of halogens is 2. The van der Waals surface area contributed by atoms with Gasteiger partial charge in [0.25, 0.3) is 0 Å². The van der Waals surface area contributed by atoms with E-state index < -0.39 is 0 Å². The highest BCUT2D eigenvalue weighted by Gasteiger charge is 2.26. The molecular formula is C21H26ClFN4OS. The highest BCUT2D eigenvalue weighted by atomic mass is 35.5. The number of piperazine rings is 1. The number of benzene rings is 1. The summed E-state index contributed by atoms with van der Waals surface area (Å²) in [5, 5.41) is 3.24. The van der Waals surface area contributed by atoms with Gasteiger partial charge in [-0.2, -0.15) is 0 Å². The van der Waals surface area contributed by atoms with Gasteiger partial charge in [0.15, 0.2) is 11.6 Å². The molecule has 1 aliphatic heterocycles. The predicted octanol–water partition coefficient (Wildman–Crippen LogP) is 4.40. The summed E-state index contributed by atoms with van der Waals surface area (Å²) in [5.74, 6) is 1.44. The molecule has 3 heterocycles. The van der Waals surface area contributed by atoms with Crippen LogP contribution >= 0.6 is 23.7 Å². The number of methoxy groups -OCH3 is 1. The lowest BCUT2D eigenvalue weighted by Crippen LogP contribution is -2.52. The molecule has 1 aliphatic rings. The molecule has 0 saturated carbocycles. The lowest BCUT2D eigenvalue weighted by molar-refractivity contribution is 0.225. The Labute approximate surface area is 180 Å². The molecule has 0 bridgehead atoms. The topological polar surface area (TPSA) is 41.5 Å². The Morgan fingerprint density at radius 3 is 2.97 bits per heavy atom. The molecule has 1 atom stereocenters. The van der Waals surface area contributed by atoms with E-state index in [9.17, 15) is 4.39 Å².